The first-order valence-electron chi connectivity index (χ1n) is 4.36. The summed E-state index contributed by atoms with van der Waals surface area (Å²) in [6.07, 6.45) is 2.24. The van der Waals surface area contributed by atoms with Gasteiger partial charge in [0, 0.05) is 19.1 Å². The number of rotatable bonds is 6. The van der Waals surface area contributed by atoms with E-state index in [1.165, 1.54) is 0 Å². The summed E-state index contributed by atoms with van der Waals surface area (Å²) < 4.78 is 0. The molecule has 1 atom stereocenters. The van der Waals surface area contributed by atoms with Gasteiger partial charge in [-0.25, -0.2) is 0 Å². The van der Waals surface area contributed by atoms with Crippen LogP contribution in [0.25, 0.3) is 0 Å². The van der Waals surface area contributed by atoms with Gasteiger partial charge in [0.05, 0.1) is 0 Å². The first-order valence-corrected chi connectivity index (χ1v) is 4.36. The van der Waals surface area contributed by atoms with Crippen molar-refractivity contribution in [2.45, 2.75) is 25.8 Å². The fraction of sp³-hybridized carbons (Fsp3) is 1.00. The van der Waals surface area contributed by atoms with Gasteiger partial charge in [0.15, 0.2) is 0 Å². The van der Waals surface area contributed by atoms with Crippen LogP contribution in [0.15, 0.2) is 0 Å². The molecule has 0 aliphatic carbocycles. The van der Waals surface area contributed by atoms with Gasteiger partial charge in [0.25, 0.3) is 0 Å². The van der Waals surface area contributed by atoms with E-state index in [0.717, 1.165) is 32.5 Å². The molecule has 0 aromatic carbocycles. The molecule has 0 bridgehead atoms. The summed E-state index contributed by atoms with van der Waals surface area (Å²) in [7, 11) is 2.11. The molecule has 0 radical (unpaired) electrons. The van der Waals surface area contributed by atoms with Crippen LogP contribution in [-0.2, 0) is 0 Å². The van der Waals surface area contributed by atoms with Crippen molar-refractivity contribution >= 4 is 0 Å². The van der Waals surface area contributed by atoms with E-state index in [0.29, 0.717) is 6.04 Å². The second-order valence-electron chi connectivity index (χ2n) is 2.91. The lowest BCUT2D eigenvalue weighted by atomic mass is 10.1. The second-order valence-corrected chi connectivity index (χ2v) is 2.91. The standard InChI is InChI=1S/C8H21N3/c1-3-8(4-5-9)11(2)7-6-10/h8H,3-7,9-10H2,1-2H3. The summed E-state index contributed by atoms with van der Waals surface area (Å²) in [4.78, 5) is 2.28. The zero-order chi connectivity index (χ0) is 8.69. The quantitative estimate of drug-likeness (QED) is 0.574. The Bertz CT molecular complexity index is 85.4. The summed E-state index contributed by atoms with van der Waals surface area (Å²) in [5.74, 6) is 0. The van der Waals surface area contributed by atoms with E-state index in [9.17, 15) is 0 Å². The molecule has 0 heterocycles. The third-order valence-electron chi connectivity index (χ3n) is 2.08. The molecule has 0 fully saturated rings. The smallest absolute Gasteiger partial charge is 0.0104 e. The molecule has 3 heteroatoms. The van der Waals surface area contributed by atoms with Crippen molar-refractivity contribution in [2.75, 3.05) is 26.7 Å². The highest BCUT2D eigenvalue weighted by Crippen LogP contribution is 2.03. The van der Waals surface area contributed by atoms with Crippen molar-refractivity contribution in [2.24, 2.45) is 11.5 Å². The Balaban J connectivity index is 3.61. The van der Waals surface area contributed by atoms with E-state index in [1.807, 2.05) is 0 Å². The molecular formula is C8H21N3. The first kappa shape index (κ1) is 10.9. The molecule has 0 spiro atoms. The van der Waals surface area contributed by atoms with Gasteiger partial charge in [-0.2, -0.15) is 0 Å². The van der Waals surface area contributed by atoms with Crippen LogP contribution in [0, 0.1) is 0 Å². The lowest BCUT2D eigenvalue weighted by Crippen LogP contribution is -2.36. The SMILES string of the molecule is CCC(CCN)N(C)CCN. The molecule has 3 nitrogen and oxygen atoms in total. The van der Waals surface area contributed by atoms with Crippen molar-refractivity contribution in [3.05, 3.63) is 0 Å². The van der Waals surface area contributed by atoms with E-state index in [-0.39, 0.29) is 0 Å². The minimum Gasteiger partial charge on any atom is -0.330 e. The van der Waals surface area contributed by atoms with E-state index in [2.05, 4.69) is 18.9 Å². The molecular weight excluding hydrogens is 138 g/mol. The van der Waals surface area contributed by atoms with Crippen LogP contribution in [0.3, 0.4) is 0 Å². The third kappa shape index (κ3) is 4.35. The van der Waals surface area contributed by atoms with E-state index in [1.54, 1.807) is 0 Å². The molecule has 1 unspecified atom stereocenters. The van der Waals surface area contributed by atoms with Crippen molar-refractivity contribution in [1.82, 2.24) is 4.90 Å². The summed E-state index contributed by atoms with van der Waals surface area (Å²) in [5, 5.41) is 0. The molecule has 0 saturated carbocycles. The van der Waals surface area contributed by atoms with Crippen molar-refractivity contribution in [3.63, 3.8) is 0 Å². The topological polar surface area (TPSA) is 55.3 Å². The molecule has 0 aromatic rings. The molecule has 0 rings (SSSR count). The van der Waals surface area contributed by atoms with Gasteiger partial charge in [-0.05, 0) is 26.4 Å². The van der Waals surface area contributed by atoms with E-state index in [4.69, 9.17) is 11.5 Å². The molecule has 0 amide bonds. The first-order chi connectivity index (χ1) is 5.26. The average Bonchev–Trinajstić information content (AvgIpc) is 2.00. The number of nitrogens with two attached hydrogens (primary N) is 2. The largest absolute Gasteiger partial charge is 0.330 e. The summed E-state index contributed by atoms with van der Waals surface area (Å²) in [6.45, 7) is 4.66. The van der Waals surface area contributed by atoms with Crippen molar-refractivity contribution in [3.8, 4) is 0 Å². The Morgan fingerprint density at radius 1 is 1.27 bits per heavy atom. The van der Waals surface area contributed by atoms with Gasteiger partial charge in [-0.3, -0.25) is 0 Å². The average molecular weight is 159 g/mol. The van der Waals surface area contributed by atoms with Gasteiger partial charge in [-0.1, -0.05) is 6.92 Å². The summed E-state index contributed by atoms with van der Waals surface area (Å²) >= 11 is 0. The molecule has 0 aliphatic rings. The molecule has 11 heavy (non-hydrogen) atoms. The molecule has 4 N–H and O–H groups in total. The van der Waals surface area contributed by atoms with Crippen molar-refractivity contribution < 1.29 is 0 Å². The number of hydrogen-bond donors (Lipinski definition) is 2. The minimum absolute atomic E-state index is 0.614. The minimum atomic E-state index is 0.614. The lowest BCUT2D eigenvalue weighted by molar-refractivity contribution is 0.232. The Morgan fingerprint density at radius 2 is 1.91 bits per heavy atom. The van der Waals surface area contributed by atoms with Crippen LogP contribution in [-0.4, -0.2) is 37.6 Å². The Morgan fingerprint density at radius 3 is 2.27 bits per heavy atom. The van der Waals surface area contributed by atoms with Crippen LogP contribution in [0.1, 0.15) is 19.8 Å². The van der Waals surface area contributed by atoms with Crippen LogP contribution in [0.4, 0.5) is 0 Å². The second kappa shape index (κ2) is 6.58. The lowest BCUT2D eigenvalue weighted by Gasteiger charge is -2.25. The maximum Gasteiger partial charge on any atom is 0.0104 e. The Kier molecular flexibility index (Phi) is 6.51. The van der Waals surface area contributed by atoms with E-state index >= 15 is 0 Å². The highest BCUT2D eigenvalue weighted by Gasteiger charge is 2.09. The molecule has 68 valence electrons. The molecule has 0 aliphatic heterocycles. The van der Waals surface area contributed by atoms with Crippen LogP contribution in [0.5, 0.6) is 0 Å². The zero-order valence-electron chi connectivity index (χ0n) is 7.71. The number of nitrogens with zero attached hydrogens (tertiary/aromatic N) is 1. The number of likely N-dealkylation sites (N-methyl/N-ethyl adjacent to an activating group) is 1. The van der Waals surface area contributed by atoms with Crippen LogP contribution < -0.4 is 11.5 Å². The van der Waals surface area contributed by atoms with E-state index < -0.39 is 0 Å². The van der Waals surface area contributed by atoms with Gasteiger partial charge in [-0.15, -0.1) is 0 Å². The van der Waals surface area contributed by atoms with Gasteiger partial charge in [0.1, 0.15) is 0 Å². The van der Waals surface area contributed by atoms with Crippen LogP contribution >= 0.6 is 0 Å². The highest BCUT2D eigenvalue weighted by molar-refractivity contribution is 4.67. The zero-order valence-corrected chi connectivity index (χ0v) is 7.71. The third-order valence-corrected chi connectivity index (χ3v) is 2.08. The van der Waals surface area contributed by atoms with Crippen molar-refractivity contribution in [1.29, 1.82) is 0 Å². The predicted molar refractivity (Wildman–Crippen MR) is 49.4 cm³/mol. The fourth-order valence-corrected chi connectivity index (χ4v) is 1.31. The maximum atomic E-state index is 5.48. The Hall–Kier alpha value is -0.120. The summed E-state index contributed by atoms with van der Waals surface area (Å²) in [6, 6.07) is 0.614. The normalized spacial score (nSPS) is 13.9. The summed E-state index contributed by atoms with van der Waals surface area (Å²) in [5.41, 5.74) is 10.9. The van der Waals surface area contributed by atoms with Gasteiger partial charge >= 0.3 is 0 Å². The van der Waals surface area contributed by atoms with Gasteiger partial charge in [0.2, 0.25) is 0 Å². The maximum absolute atomic E-state index is 5.48. The number of hydrogen-bond acceptors (Lipinski definition) is 3. The Labute approximate surface area is 69.7 Å². The monoisotopic (exact) mass is 159 g/mol. The molecule has 0 aromatic heterocycles. The van der Waals surface area contributed by atoms with Gasteiger partial charge < -0.3 is 16.4 Å². The molecule has 0 saturated heterocycles. The van der Waals surface area contributed by atoms with Crippen LogP contribution in [0.2, 0.25) is 0 Å². The highest BCUT2D eigenvalue weighted by atomic mass is 15.1. The fourth-order valence-electron chi connectivity index (χ4n) is 1.31. The predicted octanol–water partition coefficient (Wildman–Crippen LogP) is 0.00430.